The van der Waals surface area contributed by atoms with E-state index < -0.39 is 23.7 Å². The molecule has 0 aliphatic rings. The third-order valence-corrected chi connectivity index (χ3v) is 3.31. The van der Waals surface area contributed by atoms with Crippen LogP contribution < -0.4 is 0 Å². The second kappa shape index (κ2) is 6.74. The van der Waals surface area contributed by atoms with Gasteiger partial charge in [0.2, 0.25) is 0 Å². The van der Waals surface area contributed by atoms with E-state index in [2.05, 4.69) is 0 Å². The largest absolute Gasteiger partial charge is 0.478 e. The van der Waals surface area contributed by atoms with E-state index in [1.54, 1.807) is 0 Å². The number of ether oxygens (including phenoxy) is 1. The van der Waals surface area contributed by atoms with Gasteiger partial charge in [0.15, 0.2) is 0 Å². The van der Waals surface area contributed by atoms with E-state index in [4.69, 9.17) is 9.84 Å². The highest BCUT2D eigenvalue weighted by Gasteiger charge is 2.33. The van der Waals surface area contributed by atoms with Crippen molar-refractivity contribution >= 4 is 11.9 Å². The molecule has 0 heterocycles. The van der Waals surface area contributed by atoms with E-state index in [9.17, 15) is 22.8 Å². The van der Waals surface area contributed by atoms with Gasteiger partial charge < -0.3 is 9.84 Å². The standard InChI is InChI=1S/C17H13F3O4/c1-10(21)24-9-12-8-11(16(22)23)6-7-13(12)14-4-2-3-5-15(14)17(18,19)20/h2-8H,9H2,1H3,(H,22,23). The lowest BCUT2D eigenvalue weighted by Gasteiger charge is -2.16. The Morgan fingerprint density at radius 2 is 1.75 bits per heavy atom. The lowest BCUT2D eigenvalue weighted by atomic mass is 9.94. The first-order valence-electron chi connectivity index (χ1n) is 6.86. The normalized spacial score (nSPS) is 11.2. The van der Waals surface area contributed by atoms with Gasteiger partial charge in [-0.1, -0.05) is 24.3 Å². The van der Waals surface area contributed by atoms with Crippen molar-refractivity contribution in [1.82, 2.24) is 0 Å². The quantitative estimate of drug-likeness (QED) is 0.851. The fourth-order valence-electron chi connectivity index (χ4n) is 2.25. The fourth-order valence-corrected chi connectivity index (χ4v) is 2.25. The van der Waals surface area contributed by atoms with Crippen LogP contribution in [0.25, 0.3) is 11.1 Å². The lowest BCUT2D eigenvalue weighted by molar-refractivity contribution is -0.142. The van der Waals surface area contributed by atoms with Crippen LogP contribution in [0, 0.1) is 0 Å². The molecule has 0 saturated carbocycles. The van der Waals surface area contributed by atoms with Gasteiger partial charge in [0.25, 0.3) is 0 Å². The first-order chi connectivity index (χ1) is 11.2. The maximum absolute atomic E-state index is 13.2. The highest BCUT2D eigenvalue weighted by molar-refractivity contribution is 5.89. The van der Waals surface area contributed by atoms with Gasteiger partial charge in [-0.25, -0.2) is 4.79 Å². The first kappa shape index (κ1) is 17.5. The molecule has 2 aromatic rings. The number of carbonyl (C=O) groups is 2. The lowest BCUT2D eigenvalue weighted by Crippen LogP contribution is -2.09. The zero-order chi connectivity index (χ0) is 17.9. The molecule has 0 aromatic heterocycles. The number of aromatic carboxylic acids is 1. The van der Waals surface area contributed by atoms with Crippen molar-refractivity contribution in [2.75, 3.05) is 0 Å². The number of benzene rings is 2. The Bertz CT molecular complexity index is 782. The van der Waals surface area contributed by atoms with Crippen LogP contribution >= 0.6 is 0 Å². The van der Waals surface area contributed by atoms with Crippen molar-refractivity contribution in [3.63, 3.8) is 0 Å². The van der Waals surface area contributed by atoms with Crippen LogP contribution in [0.3, 0.4) is 0 Å². The highest BCUT2D eigenvalue weighted by atomic mass is 19.4. The maximum atomic E-state index is 13.2. The summed E-state index contributed by atoms with van der Waals surface area (Å²) in [6, 6.07) is 8.64. The molecule has 2 rings (SSSR count). The molecule has 24 heavy (non-hydrogen) atoms. The van der Waals surface area contributed by atoms with Gasteiger partial charge in [0.05, 0.1) is 11.1 Å². The minimum absolute atomic E-state index is 0.106. The Balaban J connectivity index is 2.61. The maximum Gasteiger partial charge on any atom is 0.417 e. The average molecular weight is 338 g/mol. The van der Waals surface area contributed by atoms with Crippen molar-refractivity contribution in [1.29, 1.82) is 0 Å². The number of carboxylic acid groups (broad SMARTS) is 1. The number of alkyl halides is 3. The molecule has 4 nitrogen and oxygen atoms in total. The predicted molar refractivity (Wildman–Crippen MR) is 79.3 cm³/mol. The van der Waals surface area contributed by atoms with E-state index in [0.29, 0.717) is 0 Å². The molecular weight excluding hydrogens is 325 g/mol. The Hall–Kier alpha value is -2.83. The molecule has 0 saturated heterocycles. The molecule has 0 fully saturated rings. The van der Waals surface area contributed by atoms with Gasteiger partial charge in [-0.15, -0.1) is 0 Å². The van der Waals surface area contributed by atoms with E-state index >= 15 is 0 Å². The number of rotatable bonds is 4. The van der Waals surface area contributed by atoms with Gasteiger partial charge >= 0.3 is 18.1 Å². The van der Waals surface area contributed by atoms with Crippen LogP contribution in [-0.4, -0.2) is 17.0 Å². The van der Waals surface area contributed by atoms with Crippen LogP contribution in [0.5, 0.6) is 0 Å². The Morgan fingerprint density at radius 3 is 2.33 bits per heavy atom. The fraction of sp³-hybridized carbons (Fsp3) is 0.176. The van der Waals surface area contributed by atoms with Crippen LogP contribution in [-0.2, 0) is 22.3 Å². The van der Waals surface area contributed by atoms with Gasteiger partial charge in [0.1, 0.15) is 6.61 Å². The molecule has 1 N–H and O–H groups in total. The molecule has 0 radical (unpaired) electrons. The van der Waals surface area contributed by atoms with Crippen molar-refractivity contribution in [2.45, 2.75) is 19.7 Å². The summed E-state index contributed by atoms with van der Waals surface area (Å²) >= 11 is 0. The third-order valence-electron chi connectivity index (χ3n) is 3.31. The molecule has 0 aliphatic carbocycles. The van der Waals surface area contributed by atoms with Gasteiger partial charge in [-0.05, 0) is 34.9 Å². The molecule has 0 bridgehead atoms. The summed E-state index contributed by atoms with van der Waals surface area (Å²) in [6.07, 6.45) is -4.57. The molecule has 7 heteroatoms. The first-order valence-corrected chi connectivity index (χ1v) is 6.86. The zero-order valence-corrected chi connectivity index (χ0v) is 12.6. The summed E-state index contributed by atoms with van der Waals surface area (Å²) in [5.41, 5.74) is -0.720. The average Bonchev–Trinajstić information content (AvgIpc) is 2.51. The van der Waals surface area contributed by atoms with Crippen molar-refractivity contribution < 1.29 is 32.6 Å². The Kier molecular flexibility index (Phi) is 4.92. The van der Waals surface area contributed by atoms with Crippen LogP contribution in [0.1, 0.15) is 28.4 Å². The highest BCUT2D eigenvalue weighted by Crippen LogP contribution is 2.38. The molecule has 0 aliphatic heterocycles. The molecule has 0 amide bonds. The van der Waals surface area contributed by atoms with E-state index in [1.807, 2.05) is 0 Å². The Morgan fingerprint density at radius 1 is 1.08 bits per heavy atom. The van der Waals surface area contributed by atoms with Crippen LogP contribution in [0.15, 0.2) is 42.5 Å². The number of esters is 1. The zero-order valence-electron chi connectivity index (χ0n) is 12.6. The van der Waals surface area contributed by atoms with Gasteiger partial charge in [-0.2, -0.15) is 13.2 Å². The van der Waals surface area contributed by atoms with E-state index in [-0.39, 0.29) is 28.9 Å². The predicted octanol–water partition coefficient (Wildman–Crippen LogP) is 4.13. The minimum Gasteiger partial charge on any atom is -0.478 e. The topological polar surface area (TPSA) is 63.6 Å². The monoisotopic (exact) mass is 338 g/mol. The van der Waals surface area contributed by atoms with Crippen molar-refractivity contribution in [3.8, 4) is 11.1 Å². The molecule has 2 aromatic carbocycles. The molecule has 126 valence electrons. The summed E-state index contributed by atoms with van der Waals surface area (Å²) in [6.45, 7) is 0.836. The van der Waals surface area contributed by atoms with E-state index in [0.717, 1.165) is 13.0 Å². The molecule has 0 spiro atoms. The Labute approximate surface area is 135 Å². The van der Waals surface area contributed by atoms with Crippen LogP contribution in [0.2, 0.25) is 0 Å². The second-order valence-electron chi connectivity index (χ2n) is 5.00. The summed E-state index contributed by atoms with van der Waals surface area (Å²) in [4.78, 5) is 22.1. The summed E-state index contributed by atoms with van der Waals surface area (Å²) in [5.74, 6) is -1.85. The smallest absolute Gasteiger partial charge is 0.417 e. The summed E-state index contributed by atoms with van der Waals surface area (Å²) in [5, 5.41) is 9.04. The molecule has 0 unspecified atom stereocenters. The number of halogens is 3. The van der Waals surface area contributed by atoms with Crippen LogP contribution in [0.4, 0.5) is 13.2 Å². The van der Waals surface area contributed by atoms with Crippen molar-refractivity contribution in [2.24, 2.45) is 0 Å². The molecule has 0 atom stereocenters. The SMILES string of the molecule is CC(=O)OCc1cc(C(=O)O)ccc1-c1ccccc1C(F)(F)F. The summed E-state index contributed by atoms with van der Waals surface area (Å²) < 4.78 is 44.5. The van der Waals surface area contributed by atoms with E-state index in [1.165, 1.54) is 36.4 Å². The number of hydrogen-bond donors (Lipinski definition) is 1. The third kappa shape index (κ3) is 3.92. The van der Waals surface area contributed by atoms with Crippen molar-refractivity contribution in [3.05, 3.63) is 59.2 Å². The minimum atomic E-state index is -4.57. The van der Waals surface area contributed by atoms with Gasteiger partial charge in [0, 0.05) is 6.92 Å². The molecular formula is C17H13F3O4. The number of carbonyl (C=O) groups excluding carboxylic acids is 1. The number of carboxylic acids is 1. The number of hydrogen-bond acceptors (Lipinski definition) is 3. The summed E-state index contributed by atoms with van der Waals surface area (Å²) in [7, 11) is 0. The van der Waals surface area contributed by atoms with Gasteiger partial charge in [-0.3, -0.25) is 4.79 Å². The second-order valence-corrected chi connectivity index (χ2v) is 5.00.